The molecule has 4 aromatic rings. The van der Waals surface area contributed by atoms with Crippen molar-refractivity contribution in [2.45, 2.75) is 26.7 Å². The number of nitrogens with one attached hydrogen (secondary N) is 2. The molecule has 28 heavy (non-hydrogen) atoms. The van der Waals surface area contributed by atoms with Crippen LogP contribution in [0.2, 0.25) is 0 Å². The lowest BCUT2D eigenvalue weighted by molar-refractivity contribution is 0.826. The van der Waals surface area contributed by atoms with Crippen LogP contribution in [0.3, 0.4) is 0 Å². The average molecular weight is 372 g/mol. The van der Waals surface area contributed by atoms with Crippen LogP contribution in [-0.2, 0) is 0 Å². The van der Waals surface area contributed by atoms with Gasteiger partial charge in [0.25, 0.3) is 0 Å². The third kappa shape index (κ3) is 3.81. The van der Waals surface area contributed by atoms with E-state index in [0.29, 0.717) is 5.95 Å². The summed E-state index contributed by atoms with van der Waals surface area (Å²) in [5.74, 6) is 1.35. The van der Waals surface area contributed by atoms with Crippen molar-refractivity contribution >= 4 is 28.5 Å². The zero-order valence-electron chi connectivity index (χ0n) is 16.2. The standard InChI is InChI=1S/C22H24N6/c1-3-4-14-23-22-26-20(25-17-12-10-16(2)11-13-17)19-15-24-28(21(19)27-22)18-8-6-5-7-9-18/h5-13,15H,3-4,14H2,1-2H3,(H2,23,25,26,27). The lowest BCUT2D eigenvalue weighted by Crippen LogP contribution is -2.08. The summed E-state index contributed by atoms with van der Waals surface area (Å²) in [7, 11) is 0. The Labute approximate surface area is 164 Å². The Hall–Kier alpha value is -3.41. The third-order valence-electron chi connectivity index (χ3n) is 4.56. The third-order valence-corrected chi connectivity index (χ3v) is 4.56. The van der Waals surface area contributed by atoms with Crippen LogP contribution in [0, 0.1) is 6.92 Å². The van der Waals surface area contributed by atoms with Crippen molar-refractivity contribution in [1.82, 2.24) is 19.7 Å². The average Bonchev–Trinajstić information content (AvgIpc) is 3.15. The van der Waals surface area contributed by atoms with Gasteiger partial charge in [-0.05, 0) is 37.6 Å². The molecule has 0 aliphatic rings. The molecule has 0 bridgehead atoms. The number of rotatable bonds is 7. The highest BCUT2D eigenvalue weighted by molar-refractivity contribution is 5.90. The molecule has 4 rings (SSSR count). The molecule has 6 nitrogen and oxygen atoms in total. The minimum atomic E-state index is 0.605. The zero-order chi connectivity index (χ0) is 19.3. The van der Waals surface area contributed by atoms with Gasteiger partial charge >= 0.3 is 0 Å². The predicted octanol–water partition coefficient (Wildman–Crippen LogP) is 5.08. The largest absolute Gasteiger partial charge is 0.354 e. The summed E-state index contributed by atoms with van der Waals surface area (Å²) in [6.07, 6.45) is 4.00. The van der Waals surface area contributed by atoms with Crippen molar-refractivity contribution in [2.75, 3.05) is 17.2 Å². The van der Waals surface area contributed by atoms with Crippen LogP contribution in [0.1, 0.15) is 25.3 Å². The second-order valence-electron chi connectivity index (χ2n) is 6.80. The highest BCUT2D eigenvalue weighted by Crippen LogP contribution is 2.27. The van der Waals surface area contributed by atoms with E-state index < -0.39 is 0 Å². The number of nitrogens with zero attached hydrogens (tertiary/aromatic N) is 4. The number of hydrogen-bond donors (Lipinski definition) is 2. The molecule has 0 amide bonds. The van der Waals surface area contributed by atoms with Crippen molar-refractivity contribution in [3.05, 3.63) is 66.4 Å². The highest BCUT2D eigenvalue weighted by Gasteiger charge is 2.14. The van der Waals surface area contributed by atoms with Gasteiger partial charge in [0.15, 0.2) is 5.65 Å². The second-order valence-corrected chi connectivity index (χ2v) is 6.80. The second kappa shape index (κ2) is 8.08. The van der Waals surface area contributed by atoms with Crippen LogP contribution in [0.25, 0.3) is 16.7 Å². The highest BCUT2D eigenvalue weighted by atomic mass is 15.3. The van der Waals surface area contributed by atoms with Crippen LogP contribution in [0.4, 0.5) is 17.5 Å². The number of para-hydroxylation sites is 1. The zero-order valence-corrected chi connectivity index (χ0v) is 16.2. The quantitative estimate of drug-likeness (QED) is 0.443. The van der Waals surface area contributed by atoms with Crippen LogP contribution in [0.15, 0.2) is 60.8 Å². The van der Waals surface area contributed by atoms with Crippen LogP contribution >= 0.6 is 0 Å². The van der Waals surface area contributed by atoms with Gasteiger partial charge in [0, 0.05) is 12.2 Å². The molecule has 0 saturated heterocycles. The summed E-state index contributed by atoms with van der Waals surface area (Å²) >= 11 is 0. The molecule has 0 atom stereocenters. The molecule has 0 spiro atoms. The minimum absolute atomic E-state index is 0.605. The maximum Gasteiger partial charge on any atom is 0.226 e. The first-order chi connectivity index (χ1) is 13.7. The number of aromatic nitrogens is 4. The fraction of sp³-hybridized carbons (Fsp3) is 0.227. The molecule has 0 aliphatic heterocycles. The Kier molecular flexibility index (Phi) is 5.19. The molecule has 0 radical (unpaired) electrons. The van der Waals surface area contributed by atoms with Gasteiger partial charge in [0.1, 0.15) is 5.82 Å². The molecular formula is C22H24N6. The summed E-state index contributed by atoms with van der Waals surface area (Å²) in [5, 5.41) is 12.2. The first-order valence-corrected chi connectivity index (χ1v) is 9.63. The van der Waals surface area contributed by atoms with E-state index in [1.807, 2.05) is 41.2 Å². The van der Waals surface area contributed by atoms with Crippen molar-refractivity contribution in [3.8, 4) is 5.69 Å². The van der Waals surface area contributed by atoms with E-state index in [-0.39, 0.29) is 0 Å². The number of unbranched alkanes of at least 4 members (excludes halogenated alkanes) is 1. The van der Waals surface area contributed by atoms with E-state index in [1.165, 1.54) is 5.56 Å². The molecule has 0 saturated carbocycles. The first-order valence-electron chi connectivity index (χ1n) is 9.63. The number of anilines is 3. The van der Waals surface area contributed by atoms with Crippen molar-refractivity contribution < 1.29 is 0 Å². The van der Waals surface area contributed by atoms with Crippen molar-refractivity contribution in [2.24, 2.45) is 0 Å². The van der Waals surface area contributed by atoms with E-state index in [1.54, 1.807) is 0 Å². The van der Waals surface area contributed by atoms with Crippen LogP contribution < -0.4 is 10.6 Å². The van der Waals surface area contributed by atoms with Gasteiger partial charge in [-0.1, -0.05) is 49.2 Å². The van der Waals surface area contributed by atoms with Crippen LogP contribution in [0.5, 0.6) is 0 Å². The number of aryl methyl sites for hydroxylation is 1. The Bertz CT molecular complexity index is 1050. The normalized spacial score (nSPS) is 10.9. The number of benzene rings is 2. The van der Waals surface area contributed by atoms with E-state index in [4.69, 9.17) is 9.97 Å². The van der Waals surface area contributed by atoms with Crippen molar-refractivity contribution in [1.29, 1.82) is 0 Å². The Balaban J connectivity index is 1.78. The van der Waals surface area contributed by atoms with E-state index in [9.17, 15) is 0 Å². The maximum atomic E-state index is 4.74. The molecule has 2 aromatic carbocycles. The smallest absolute Gasteiger partial charge is 0.226 e. The molecule has 6 heteroatoms. The maximum absolute atomic E-state index is 4.74. The lowest BCUT2D eigenvalue weighted by Gasteiger charge is -2.11. The molecule has 2 aromatic heterocycles. The summed E-state index contributed by atoms with van der Waals surface area (Å²) in [6, 6.07) is 18.3. The SMILES string of the molecule is CCCCNc1nc(Nc2ccc(C)cc2)c2cnn(-c3ccccc3)c2n1. The van der Waals surface area contributed by atoms with Gasteiger partial charge in [-0.25, -0.2) is 4.68 Å². The molecule has 2 N–H and O–H groups in total. The Morgan fingerprint density at radius 1 is 0.964 bits per heavy atom. The van der Waals surface area contributed by atoms with Crippen molar-refractivity contribution in [3.63, 3.8) is 0 Å². The predicted molar refractivity (Wildman–Crippen MR) is 115 cm³/mol. The van der Waals surface area contributed by atoms with Crippen LogP contribution in [-0.4, -0.2) is 26.3 Å². The van der Waals surface area contributed by atoms with Gasteiger partial charge in [0.2, 0.25) is 5.95 Å². The number of hydrogen-bond acceptors (Lipinski definition) is 5. The fourth-order valence-corrected chi connectivity index (χ4v) is 2.99. The van der Waals surface area contributed by atoms with Gasteiger partial charge in [0.05, 0.1) is 17.3 Å². The Morgan fingerprint density at radius 3 is 2.50 bits per heavy atom. The van der Waals surface area contributed by atoms with Gasteiger partial charge in [-0.2, -0.15) is 15.1 Å². The number of fused-ring (bicyclic) bond motifs is 1. The summed E-state index contributed by atoms with van der Waals surface area (Å²) < 4.78 is 1.85. The van der Waals surface area contributed by atoms with E-state index >= 15 is 0 Å². The molecule has 0 fully saturated rings. The monoisotopic (exact) mass is 372 g/mol. The topological polar surface area (TPSA) is 67.7 Å². The molecule has 0 aliphatic carbocycles. The minimum Gasteiger partial charge on any atom is -0.354 e. The fourth-order valence-electron chi connectivity index (χ4n) is 2.99. The van der Waals surface area contributed by atoms with Gasteiger partial charge < -0.3 is 10.6 Å². The molecule has 142 valence electrons. The summed E-state index contributed by atoms with van der Waals surface area (Å²) in [5.41, 5.74) is 3.95. The summed E-state index contributed by atoms with van der Waals surface area (Å²) in [6.45, 7) is 5.08. The van der Waals surface area contributed by atoms with Gasteiger partial charge in [-0.3, -0.25) is 0 Å². The lowest BCUT2D eigenvalue weighted by atomic mass is 10.2. The molecular weight excluding hydrogens is 348 g/mol. The van der Waals surface area contributed by atoms with Gasteiger partial charge in [-0.15, -0.1) is 0 Å². The first kappa shape index (κ1) is 18.0. The molecule has 0 unspecified atom stereocenters. The summed E-state index contributed by atoms with van der Waals surface area (Å²) in [4.78, 5) is 9.45. The Morgan fingerprint density at radius 2 is 1.75 bits per heavy atom. The molecule has 2 heterocycles. The van der Waals surface area contributed by atoms with E-state index in [2.05, 4.69) is 53.8 Å². The van der Waals surface area contributed by atoms with E-state index in [0.717, 1.165) is 47.6 Å².